The van der Waals surface area contributed by atoms with Crippen molar-refractivity contribution in [3.63, 3.8) is 0 Å². The van der Waals surface area contributed by atoms with E-state index in [-0.39, 0.29) is 34.3 Å². The van der Waals surface area contributed by atoms with Gasteiger partial charge in [0.15, 0.2) is 5.76 Å². The van der Waals surface area contributed by atoms with Gasteiger partial charge in [-0.25, -0.2) is 4.79 Å². The lowest BCUT2D eigenvalue weighted by Crippen LogP contribution is -2.08. The summed E-state index contributed by atoms with van der Waals surface area (Å²) in [5.74, 6) is -0.0571. The molecule has 8 nitrogen and oxygen atoms in total. The van der Waals surface area contributed by atoms with Crippen molar-refractivity contribution in [3.05, 3.63) is 97.7 Å². The third-order valence-electron chi connectivity index (χ3n) is 4.62. The molecule has 0 saturated carbocycles. The highest BCUT2D eigenvalue weighted by atomic mass is 79.9. The molecule has 1 heterocycles. The van der Waals surface area contributed by atoms with Gasteiger partial charge in [-0.3, -0.25) is 14.9 Å². The predicted octanol–water partition coefficient (Wildman–Crippen LogP) is 5.20. The largest absolute Gasteiger partial charge is 0.496 e. The van der Waals surface area contributed by atoms with E-state index in [1.54, 1.807) is 18.2 Å². The van der Waals surface area contributed by atoms with Gasteiger partial charge in [0.2, 0.25) is 5.78 Å². The lowest BCUT2D eigenvalue weighted by Gasteiger charge is -2.06. The Morgan fingerprint density at radius 2 is 1.94 bits per heavy atom. The maximum atomic E-state index is 12.7. The minimum absolute atomic E-state index is 0.0269. The van der Waals surface area contributed by atoms with Crippen LogP contribution in [0.4, 0.5) is 5.69 Å². The van der Waals surface area contributed by atoms with Gasteiger partial charge >= 0.3 is 5.97 Å². The van der Waals surface area contributed by atoms with Gasteiger partial charge in [-0.15, -0.1) is 0 Å². The van der Waals surface area contributed by atoms with E-state index in [1.165, 1.54) is 43.5 Å². The van der Waals surface area contributed by atoms with Gasteiger partial charge < -0.3 is 14.2 Å². The first-order valence-electron chi connectivity index (χ1n) is 9.24. The molecule has 0 radical (unpaired) electrons. The van der Waals surface area contributed by atoms with Crippen LogP contribution >= 0.6 is 15.9 Å². The molecule has 32 heavy (non-hydrogen) atoms. The number of nitrogens with zero attached hydrogens (tertiary/aromatic N) is 1. The van der Waals surface area contributed by atoms with Crippen LogP contribution in [0.25, 0.3) is 6.08 Å². The number of benzene rings is 3. The maximum absolute atomic E-state index is 12.7. The fourth-order valence-corrected chi connectivity index (χ4v) is 3.48. The molecular formula is C23H14BrNO7. The molecule has 1 aliphatic heterocycles. The Labute approximate surface area is 190 Å². The summed E-state index contributed by atoms with van der Waals surface area (Å²) in [6, 6.07) is 14.9. The number of nitro benzene ring substituents is 1. The van der Waals surface area contributed by atoms with Gasteiger partial charge in [-0.05, 0) is 42.5 Å². The highest BCUT2D eigenvalue weighted by Crippen LogP contribution is 2.36. The first-order chi connectivity index (χ1) is 15.4. The van der Waals surface area contributed by atoms with Gasteiger partial charge in [0, 0.05) is 28.2 Å². The molecule has 0 aromatic heterocycles. The van der Waals surface area contributed by atoms with Crippen LogP contribution < -0.4 is 14.2 Å². The van der Waals surface area contributed by atoms with Crippen molar-refractivity contribution in [2.75, 3.05) is 7.11 Å². The van der Waals surface area contributed by atoms with Crippen molar-refractivity contribution >= 4 is 39.4 Å². The molecule has 4 rings (SSSR count). The van der Waals surface area contributed by atoms with E-state index in [0.717, 1.165) is 10.5 Å². The van der Waals surface area contributed by atoms with E-state index in [1.807, 2.05) is 6.07 Å². The molecule has 0 atom stereocenters. The number of ether oxygens (including phenoxy) is 3. The Hall–Kier alpha value is -3.98. The van der Waals surface area contributed by atoms with E-state index in [4.69, 9.17) is 14.2 Å². The van der Waals surface area contributed by atoms with Crippen LogP contribution in [-0.2, 0) is 0 Å². The molecule has 0 bridgehead atoms. The smallest absolute Gasteiger partial charge is 0.343 e. The minimum Gasteiger partial charge on any atom is -0.496 e. The van der Waals surface area contributed by atoms with Gasteiger partial charge in [-0.1, -0.05) is 22.0 Å². The summed E-state index contributed by atoms with van der Waals surface area (Å²) < 4.78 is 17.1. The quantitative estimate of drug-likeness (QED) is 0.157. The van der Waals surface area contributed by atoms with Crippen molar-refractivity contribution in [1.82, 2.24) is 0 Å². The number of rotatable bonds is 5. The second-order valence-electron chi connectivity index (χ2n) is 6.68. The molecule has 3 aromatic rings. The first-order valence-corrected chi connectivity index (χ1v) is 10.0. The molecule has 0 N–H and O–H groups in total. The Balaban J connectivity index is 1.57. The molecule has 0 spiro atoms. The van der Waals surface area contributed by atoms with Crippen LogP contribution in [0.1, 0.15) is 26.3 Å². The number of nitro groups is 1. The van der Waals surface area contributed by atoms with Crippen molar-refractivity contribution in [2.45, 2.75) is 0 Å². The Morgan fingerprint density at radius 3 is 2.69 bits per heavy atom. The Bertz CT molecular complexity index is 1300. The van der Waals surface area contributed by atoms with Gasteiger partial charge in [0.25, 0.3) is 5.69 Å². The van der Waals surface area contributed by atoms with Crippen LogP contribution in [0.15, 0.2) is 70.9 Å². The number of ketones is 1. The zero-order valence-electron chi connectivity index (χ0n) is 16.5. The molecule has 0 saturated heterocycles. The molecule has 160 valence electrons. The molecule has 3 aromatic carbocycles. The minimum atomic E-state index is -0.771. The third-order valence-corrected chi connectivity index (χ3v) is 5.12. The summed E-state index contributed by atoms with van der Waals surface area (Å²) in [6.45, 7) is 0. The fraction of sp³-hybridized carbons (Fsp3) is 0.0435. The molecular weight excluding hydrogens is 482 g/mol. The number of esters is 1. The number of halogens is 1. The number of carbonyl (C=O) groups is 2. The van der Waals surface area contributed by atoms with Crippen LogP contribution in [-0.4, -0.2) is 23.8 Å². The first kappa shape index (κ1) is 21.3. The number of hydrogen-bond donors (Lipinski definition) is 0. The number of carbonyl (C=O) groups excluding carboxylic acids is 2. The van der Waals surface area contributed by atoms with Crippen molar-refractivity contribution in [2.24, 2.45) is 0 Å². The van der Waals surface area contributed by atoms with Gasteiger partial charge in [-0.2, -0.15) is 0 Å². The number of fused-ring (bicyclic) bond motifs is 1. The average molecular weight is 496 g/mol. The van der Waals surface area contributed by atoms with Crippen LogP contribution in [0.5, 0.6) is 17.2 Å². The van der Waals surface area contributed by atoms with Crippen molar-refractivity contribution < 1.29 is 28.7 Å². The zero-order chi connectivity index (χ0) is 22.8. The fourth-order valence-electron chi connectivity index (χ4n) is 3.10. The van der Waals surface area contributed by atoms with E-state index in [2.05, 4.69) is 15.9 Å². The predicted molar refractivity (Wildman–Crippen MR) is 118 cm³/mol. The normalized spacial score (nSPS) is 13.4. The number of allylic oxidation sites excluding steroid dienone is 1. The van der Waals surface area contributed by atoms with E-state index in [0.29, 0.717) is 16.9 Å². The Morgan fingerprint density at radius 1 is 1.12 bits per heavy atom. The molecule has 1 aliphatic rings. The van der Waals surface area contributed by atoms with Crippen molar-refractivity contribution in [3.8, 4) is 17.2 Å². The zero-order valence-corrected chi connectivity index (χ0v) is 18.1. The number of non-ortho nitro benzene ring substituents is 1. The van der Waals surface area contributed by atoms with Crippen molar-refractivity contribution in [1.29, 1.82) is 0 Å². The molecule has 0 unspecified atom stereocenters. The second kappa shape index (κ2) is 8.64. The van der Waals surface area contributed by atoms with Crippen LogP contribution in [0.2, 0.25) is 0 Å². The van der Waals surface area contributed by atoms with Crippen LogP contribution in [0.3, 0.4) is 0 Å². The summed E-state index contributed by atoms with van der Waals surface area (Å²) in [7, 11) is 1.53. The summed E-state index contributed by atoms with van der Waals surface area (Å²) in [5.41, 5.74) is 0.773. The lowest BCUT2D eigenvalue weighted by atomic mass is 10.1. The number of hydrogen-bond acceptors (Lipinski definition) is 7. The summed E-state index contributed by atoms with van der Waals surface area (Å²) in [6.07, 6.45) is 1.57. The number of Topliss-reactive ketones (excluding diaryl/α,β-unsaturated/α-hetero) is 1. The molecule has 0 aliphatic carbocycles. The Kier molecular flexibility index (Phi) is 5.74. The highest BCUT2D eigenvalue weighted by molar-refractivity contribution is 9.10. The molecule has 0 amide bonds. The summed E-state index contributed by atoms with van der Waals surface area (Å²) in [4.78, 5) is 35.4. The summed E-state index contributed by atoms with van der Waals surface area (Å²) >= 11 is 3.39. The van der Waals surface area contributed by atoms with E-state index in [9.17, 15) is 19.7 Å². The topological polar surface area (TPSA) is 105 Å². The number of methoxy groups -OCH3 is 1. The van der Waals surface area contributed by atoms with E-state index < -0.39 is 10.9 Å². The van der Waals surface area contributed by atoms with Gasteiger partial charge in [0.1, 0.15) is 17.2 Å². The SMILES string of the molecule is COc1ccc(Br)cc1/C=C1\Oc2cc(OC(=O)c3cccc([N+](=O)[O-])c3)ccc2C1=O. The summed E-state index contributed by atoms with van der Waals surface area (Å²) in [5, 5.41) is 10.9. The monoisotopic (exact) mass is 495 g/mol. The molecule has 9 heteroatoms. The van der Waals surface area contributed by atoms with E-state index >= 15 is 0 Å². The standard InChI is InChI=1S/C23H14BrNO7/c1-30-19-8-5-15(24)9-14(19)11-21-22(26)18-7-6-17(12-20(18)32-21)31-23(27)13-3-2-4-16(10-13)25(28)29/h2-12H,1H3/b21-11-. The molecule has 0 fully saturated rings. The average Bonchev–Trinajstić information content (AvgIpc) is 3.08. The maximum Gasteiger partial charge on any atom is 0.343 e. The van der Waals surface area contributed by atoms with Crippen LogP contribution in [0, 0.1) is 10.1 Å². The van der Waals surface area contributed by atoms with Gasteiger partial charge in [0.05, 0.1) is 23.2 Å². The third kappa shape index (κ3) is 4.23. The second-order valence-corrected chi connectivity index (χ2v) is 7.60. The highest BCUT2D eigenvalue weighted by Gasteiger charge is 2.28. The lowest BCUT2D eigenvalue weighted by molar-refractivity contribution is -0.384.